The van der Waals surface area contributed by atoms with Crippen molar-refractivity contribution >= 4 is 12.0 Å². The maximum Gasteiger partial charge on any atom is 0.331 e. The monoisotopic (exact) mass is 186 g/mol. The van der Waals surface area contributed by atoms with Crippen molar-refractivity contribution in [2.24, 2.45) is 0 Å². The Bertz CT molecular complexity index is 388. The number of hydrogen-bond acceptors (Lipinski definition) is 2. The number of carbonyl (C=O) groups is 1. The van der Waals surface area contributed by atoms with Gasteiger partial charge in [0, 0.05) is 6.08 Å². The van der Waals surface area contributed by atoms with E-state index in [9.17, 15) is 4.79 Å². The molecule has 14 heavy (non-hydrogen) atoms. The molecule has 1 aromatic rings. The molecule has 1 aliphatic heterocycles. The molecule has 1 heterocycles. The molecule has 0 spiro atoms. The van der Waals surface area contributed by atoms with E-state index in [2.05, 4.69) is 0 Å². The number of esters is 1. The van der Waals surface area contributed by atoms with Gasteiger partial charge in [-0.15, -0.1) is 0 Å². The van der Waals surface area contributed by atoms with Gasteiger partial charge in [-0.25, -0.2) is 4.79 Å². The summed E-state index contributed by atoms with van der Waals surface area (Å²) in [6.45, 7) is 0.391. The Kier molecular flexibility index (Phi) is 2.45. The van der Waals surface area contributed by atoms with Crippen LogP contribution in [0.4, 0.5) is 0 Å². The fourth-order valence-corrected chi connectivity index (χ4v) is 1.25. The number of cyclic esters (lactones) is 1. The van der Waals surface area contributed by atoms with Gasteiger partial charge >= 0.3 is 5.97 Å². The second kappa shape index (κ2) is 3.92. The van der Waals surface area contributed by atoms with E-state index in [0.29, 0.717) is 6.61 Å². The van der Waals surface area contributed by atoms with E-state index in [1.807, 2.05) is 42.5 Å². The summed E-state index contributed by atoms with van der Waals surface area (Å²) >= 11 is 0. The Morgan fingerprint density at radius 1 is 1.14 bits per heavy atom. The first-order valence-corrected chi connectivity index (χ1v) is 4.45. The molecule has 2 rings (SSSR count). The van der Waals surface area contributed by atoms with Gasteiger partial charge in [-0.2, -0.15) is 0 Å². The normalized spacial score (nSPS) is 15.7. The van der Waals surface area contributed by atoms with Crippen LogP contribution >= 0.6 is 0 Å². The van der Waals surface area contributed by atoms with Gasteiger partial charge in [-0.1, -0.05) is 42.5 Å². The van der Waals surface area contributed by atoms with Gasteiger partial charge in [0.1, 0.15) is 6.61 Å². The van der Waals surface area contributed by atoms with E-state index in [1.54, 1.807) is 0 Å². The van der Waals surface area contributed by atoms with Crippen LogP contribution in [-0.4, -0.2) is 12.6 Å². The minimum Gasteiger partial charge on any atom is -0.458 e. The van der Waals surface area contributed by atoms with Crippen molar-refractivity contribution in [3.05, 3.63) is 53.6 Å². The average molecular weight is 186 g/mol. The van der Waals surface area contributed by atoms with Crippen molar-refractivity contribution in [3.63, 3.8) is 0 Å². The van der Waals surface area contributed by atoms with Gasteiger partial charge in [0.05, 0.1) is 0 Å². The summed E-state index contributed by atoms with van der Waals surface area (Å²) in [5, 5.41) is 0. The highest BCUT2D eigenvalue weighted by Crippen LogP contribution is 2.10. The maximum atomic E-state index is 10.7. The predicted octanol–water partition coefficient (Wildman–Crippen LogP) is 2.18. The summed E-state index contributed by atoms with van der Waals surface area (Å²) in [6.07, 6.45) is 5.38. The van der Waals surface area contributed by atoms with Crippen LogP contribution in [-0.2, 0) is 9.53 Å². The van der Waals surface area contributed by atoms with E-state index < -0.39 is 0 Å². The van der Waals surface area contributed by atoms with E-state index in [0.717, 1.165) is 11.1 Å². The highest BCUT2D eigenvalue weighted by Gasteiger charge is 2.09. The second-order valence-corrected chi connectivity index (χ2v) is 3.07. The lowest BCUT2D eigenvalue weighted by atomic mass is 10.2. The van der Waals surface area contributed by atoms with Crippen LogP contribution in [0.1, 0.15) is 5.56 Å². The quantitative estimate of drug-likeness (QED) is 0.662. The molecular formula is C12H10O2. The number of ether oxygens (including phenoxy) is 1. The molecule has 0 amide bonds. The Labute approximate surface area is 82.5 Å². The van der Waals surface area contributed by atoms with Gasteiger partial charge in [-0.3, -0.25) is 0 Å². The minimum atomic E-state index is -0.252. The molecule has 0 aromatic heterocycles. The molecule has 0 unspecified atom stereocenters. The summed E-state index contributed by atoms with van der Waals surface area (Å²) in [6, 6.07) is 9.94. The van der Waals surface area contributed by atoms with Crippen LogP contribution in [0.3, 0.4) is 0 Å². The Morgan fingerprint density at radius 3 is 2.57 bits per heavy atom. The molecule has 0 fully saturated rings. The largest absolute Gasteiger partial charge is 0.458 e. The van der Waals surface area contributed by atoms with E-state index in [1.165, 1.54) is 6.08 Å². The molecular weight excluding hydrogens is 176 g/mol. The van der Waals surface area contributed by atoms with Crippen molar-refractivity contribution in [2.75, 3.05) is 6.61 Å². The number of hydrogen-bond donors (Lipinski definition) is 0. The van der Waals surface area contributed by atoms with Crippen LogP contribution < -0.4 is 0 Å². The van der Waals surface area contributed by atoms with Crippen LogP contribution in [0, 0.1) is 0 Å². The van der Waals surface area contributed by atoms with Crippen LogP contribution in [0.15, 0.2) is 48.1 Å². The zero-order valence-corrected chi connectivity index (χ0v) is 7.64. The van der Waals surface area contributed by atoms with E-state index in [4.69, 9.17) is 4.74 Å². The Balaban J connectivity index is 2.08. The van der Waals surface area contributed by atoms with Crippen molar-refractivity contribution in [2.45, 2.75) is 0 Å². The lowest BCUT2D eigenvalue weighted by Gasteiger charge is -1.92. The van der Waals surface area contributed by atoms with E-state index >= 15 is 0 Å². The van der Waals surface area contributed by atoms with Gasteiger partial charge in [-0.05, 0) is 11.1 Å². The lowest BCUT2D eigenvalue weighted by Crippen LogP contribution is -1.90. The van der Waals surface area contributed by atoms with Crippen LogP contribution in [0.2, 0.25) is 0 Å². The smallest absolute Gasteiger partial charge is 0.331 e. The first-order chi connectivity index (χ1) is 6.84. The van der Waals surface area contributed by atoms with Gasteiger partial charge < -0.3 is 4.74 Å². The maximum absolute atomic E-state index is 10.7. The minimum absolute atomic E-state index is 0.252. The summed E-state index contributed by atoms with van der Waals surface area (Å²) in [4.78, 5) is 10.7. The molecule has 0 N–H and O–H groups in total. The molecule has 0 saturated carbocycles. The highest BCUT2D eigenvalue weighted by molar-refractivity contribution is 5.86. The third-order valence-electron chi connectivity index (χ3n) is 1.97. The molecule has 70 valence electrons. The SMILES string of the molecule is O=C1C=C(C=Cc2ccccc2)CO1. The average Bonchev–Trinajstić information content (AvgIpc) is 2.63. The van der Waals surface area contributed by atoms with Gasteiger partial charge in [0.2, 0.25) is 0 Å². The first-order valence-electron chi connectivity index (χ1n) is 4.45. The Hall–Kier alpha value is -1.83. The molecule has 2 nitrogen and oxygen atoms in total. The summed E-state index contributed by atoms with van der Waals surface area (Å²) in [5.74, 6) is -0.252. The third-order valence-corrected chi connectivity index (χ3v) is 1.97. The van der Waals surface area contributed by atoms with Gasteiger partial charge in [0.15, 0.2) is 0 Å². The molecule has 2 heteroatoms. The van der Waals surface area contributed by atoms with Crippen LogP contribution in [0.5, 0.6) is 0 Å². The van der Waals surface area contributed by atoms with Crippen molar-refractivity contribution in [1.82, 2.24) is 0 Å². The lowest BCUT2D eigenvalue weighted by molar-refractivity contribution is -0.134. The standard InChI is InChI=1S/C12H10O2/c13-12-8-11(9-14-12)7-6-10-4-2-1-3-5-10/h1-8H,9H2. The highest BCUT2D eigenvalue weighted by atomic mass is 16.5. The number of benzene rings is 1. The molecule has 0 aliphatic carbocycles. The summed E-state index contributed by atoms with van der Waals surface area (Å²) in [7, 11) is 0. The zero-order chi connectivity index (χ0) is 9.80. The molecule has 0 atom stereocenters. The Morgan fingerprint density at radius 2 is 1.93 bits per heavy atom. The first kappa shape index (κ1) is 8.75. The summed E-state index contributed by atoms with van der Waals surface area (Å²) < 4.78 is 4.77. The van der Waals surface area contributed by atoms with E-state index in [-0.39, 0.29) is 5.97 Å². The molecule has 0 saturated heterocycles. The molecule has 0 bridgehead atoms. The van der Waals surface area contributed by atoms with Crippen molar-refractivity contribution in [3.8, 4) is 0 Å². The molecule has 1 aliphatic rings. The number of carbonyl (C=O) groups excluding carboxylic acids is 1. The molecule has 0 radical (unpaired) electrons. The van der Waals surface area contributed by atoms with Gasteiger partial charge in [0.25, 0.3) is 0 Å². The fourth-order valence-electron chi connectivity index (χ4n) is 1.25. The molecule has 1 aromatic carbocycles. The second-order valence-electron chi connectivity index (χ2n) is 3.07. The van der Waals surface area contributed by atoms with Crippen molar-refractivity contribution in [1.29, 1.82) is 0 Å². The number of rotatable bonds is 2. The zero-order valence-electron chi connectivity index (χ0n) is 7.64. The topological polar surface area (TPSA) is 26.3 Å². The van der Waals surface area contributed by atoms with Crippen LogP contribution in [0.25, 0.3) is 6.08 Å². The summed E-state index contributed by atoms with van der Waals surface area (Å²) in [5.41, 5.74) is 2.03. The predicted molar refractivity (Wildman–Crippen MR) is 54.5 cm³/mol. The van der Waals surface area contributed by atoms with Crippen molar-refractivity contribution < 1.29 is 9.53 Å². The third kappa shape index (κ3) is 2.10. The fraction of sp³-hybridized carbons (Fsp3) is 0.0833.